The van der Waals surface area contributed by atoms with Crippen LogP contribution in [0.2, 0.25) is 0 Å². The van der Waals surface area contributed by atoms with Gasteiger partial charge in [-0.05, 0) is 71.5 Å². The molecule has 1 saturated carbocycles. The van der Waals surface area contributed by atoms with E-state index in [1.165, 1.54) is 32.2 Å². The van der Waals surface area contributed by atoms with Crippen molar-refractivity contribution in [1.82, 2.24) is 4.90 Å². The van der Waals surface area contributed by atoms with E-state index in [1.54, 1.807) is 5.57 Å². The summed E-state index contributed by atoms with van der Waals surface area (Å²) in [7, 11) is 4.27. The molecule has 158 valence electrons. The lowest BCUT2D eigenvalue weighted by molar-refractivity contribution is 0.0923. The number of hydrogen-bond acceptors (Lipinski definition) is 3. The van der Waals surface area contributed by atoms with Crippen molar-refractivity contribution < 1.29 is 10.2 Å². The normalized spacial score (nSPS) is 28.4. The monoisotopic (exact) mass is 387 g/mol. The zero-order valence-corrected chi connectivity index (χ0v) is 18.6. The quantitative estimate of drug-likeness (QED) is 0.331. The first-order valence-corrected chi connectivity index (χ1v) is 11.0. The third-order valence-corrected chi connectivity index (χ3v) is 6.59. The van der Waals surface area contributed by atoms with Crippen molar-refractivity contribution in [2.45, 2.75) is 77.9 Å². The van der Waals surface area contributed by atoms with Crippen LogP contribution in [0.1, 0.15) is 65.7 Å². The average Bonchev–Trinajstić information content (AvgIpc) is 3.13. The summed E-state index contributed by atoms with van der Waals surface area (Å²) in [6, 6.07) is 0. The number of aliphatic hydroxyl groups excluding tert-OH is 2. The fraction of sp³-hybridized carbons (Fsp3) is 0.760. The van der Waals surface area contributed by atoms with Crippen LogP contribution in [-0.4, -0.2) is 48.0 Å². The molecule has 1 fully saturated rings. The van der Waals surface area contributed by atoms with Gasteiger partial charge in [-0.3, -0.25) is 0 Å². The Balaban J connectivity index is 1.85. The van der Waals surface area contributed by atoms with Crippen LogP contribution in [0, 0.1) is 35.0 Å². The molecule has 0 aromatic rings. The molecule has 0 radical (unpaired) electrons. The minimum Gasteiger partial charge on any atom is -0.392 e. The van der Waals surface area contributed by atoms with Crippen LogP contribution in [-0.2, 0) is 0 Å². The van der Waals surface area contributed by atoms with Crippen molar-refractivity contribution in [2.24, 2.45) is 23.2 Å². The van der Waals surface area contributed by atoms with Gasteiger partial charge in [0.25, 0.3) is 0 Å². The summed E-state index contributed by atoms with van der Waals surface area (Å²) >= 11 is 0. The Hall–Kier alpha value is -1.08. The maximum atomic E-state index is 10.6. The molecule has 28 heavy (non-hydrogen) atoms. The average molecular weight is 388 g/mol. The summed E-state index contributed by atoms with van der Waals surface area (Å²) in [5.41, 5.74) is 1.32. The van der Waals surface area contributed by atoms with Gasteiger partial charge in [0, 0.05) is 17.8 Å². The van der Waals surface area contributed by atoms with Gasteiger partial charge in [0.05, 0.1) is 12.2 Å². The Morgan fingerprint density at radius 2 is 2.04 bits per heavy atom. The maximum absolute atomic E-state index is 10.6. The highest BCUT2D eigenvalue weighted by Gasteiger charge is 2.43. The number of allylic oxidation sites excluding steroid dienone is 2. The summed E-state index contributed by atoms with van der Waals surface area (Å²) in [5.74, 6) is 7.17. The first kappa shape index (κ1) is 23.2. The minimum absolute atomic E-state index is 0.162. The fourth-order valence-electron chi connectivity index (χ4n) is 4.66. The molecular formula is C25H41NO2. The van der Waals surface area contributed by atoms with E-state index in [1.807, 2.05) is 26.8 Å². The van der Waals surface area contributed by atoms with Crippen LogP contribution in [0.4, 0.5) is 0 Å². The predicted octanol–water partition coefficient (Wildman–Crippen LogP) is 4.41. The van der Waals surface area contributed by atoms with Gasteiger partial charge >= 0.3 is 0 Å². The highest BCUT2D eigenvalue weighted by Crippen LogP contribution is 2.48. The Kier molecular flexibility index (Phi) is 8.81. The van der Waals surface area contributed by atoms with Crippen molar-refractivity contribution in [1.29, 1.82) is 0 Å². The molecule has 0 spiro atoms. The molecule has 2 aliphatic carbocycles. The zero-order chi connectivity index (χ0) is 20.7. The van der Waals surface area contributed by atoms with Crippen LogP contribution in [0.25, 0.3) is 0 Å². The standard InChI is InChI=1S/C25H41NO2/c1-6-7-14-25(2,3)24(28)13-12-21-22-17-19(16-20(22)18-23(21)27)11-9-8-10-15-26(4)5/h12-13,16,20-24,27-28H,8-11,14-15,17-18H2,1-5H3/b13-12+/t20-,21+,22-,23+,24+/m0/s1. The lowest BCUT2D eigenvalue weighted by Crippen LogP contribution is -2.27. The molecule has 0 aromatic carbocycles. The second-order valence-electron chi connectivity index (χ2n) is 9.77. The molecule has 0 saturated heterocycles. The highest BCUT2D eigenvalue weighted by atomic mass is 16.3. The van der Waals surface area contributed by atoms with Crippen molar-refractivity contribution in [3.05, 3.63) is 23.8 Å². The van der Waals surface area contributed by atoms with Crippen molar-refractivity contribution >= 4 is 0 Å². The Morgan fingerprint density at radius 1 is 1.29 bits per heavy atom. The van der Waals surface area contributed by atoms with E-state index >= 15 is 0 Å². The van der Waals surface area contributed by atoms with E-state index in [2.05, 4.69) is 43.0 Å². The second-order valence-corrected chi connectivity index (χ2v) is 9.77. The van der Waals surface area contributed by atoms with Crippen LogP contribution in [0.15, 0.2) is 23.8 Å². The number of rotatable bonds is 10. The van der Waals surface area contributed by atoms with E-state index < -0.39 is 6.10 Å². The molecule has 3 nitrogen and oxygen atoms in total. The number of fused-ring (bicyclic) bond motifs is 1. The first-order chi connectivity index (χ1) is 13.2. The van der Waals surface area contributed by atoms with Gasteiger partial charge in [0.2, 0.25) is 0 Å². The number of hydrogen-bond donors (Lipinski definition) is 2. The smallest absolute Gasteiger partial charge is 0.0781 e. The van der Waals surface area contributed by atoms with Crippen molar-refractivity contribution in [2.75, 3.05) is 20.6 Å². The molecule has 0 amide bonds. The third kappa shape index (κ3) is 6.48. The van der Waals surface area contributed by atoms with E-state index in [0.29, 0.717) is 18.3 Å². The summed E-state index contributed by atoms with van der Waals surface area (Å²) in [5, 5.41) is 21.1. The molecule has 0 aliphatic heterocycles. The summed E-state index contributed by atoms with van der Waals surface area (Å²) in [6.45, 7) is 7.10. The van der Waals surface area contributed by atoms with Crippen LogP contribution in [0.5, 0.6) is 0 Å². The van der Waals surface area contributed by atoms with Crippen molar-refractivity contribution in [3.8, 4) is 11.8 Å². The van der Waals surface area contributed by atoms with E-state index in [4.69, 9.17) is 0 Å². The molecule has 3 heteroatoms. The Morgan fingerprint density at radius 3 is 2.71 bits per heavy atom. The molecule has 0 heterocycles. The summed E-state index contributed by atoms with van der Waals surface area (Å²) in [6.07, 6.45) is 13.3. The van der Waals surface area contributed by atoms with Gasteiger partial charge in [-0.1, -0.05) is 44.1 Å². The number of unbranched alkanes of at least 4 members (excludes halogenated alkanes) is 2. The van der Waals surface area contributed by atoms with E-state index in [0.717, 1.165) is 12.8 Å². The van der Waals surface area contributed by atoms with Gasteiger partial charge in [-0.15, -0.1) is 11.8 Å². The third-order valence-electron chi connectivity index (χ3n) is 6.59. The van der Waals surface area contributed by atoms with Gasteiger partial charge in [-0.2, -0.15) is 0 Å². The van der Waals surface area contributed by atoms with Crippen molar-refractivity contribution in [3.63, 3.8) is 0 Å². The molecule has 0 bridgehead atoms. The minimum atomic E-state index is -0.537. The number of nitrogens with zero attached hydrogens (tertiary/aromatic N) is 1. The SMILES string of the molecule is CC#CCC(C)(C)[C@H](O)/C=C/[C@@H]1[C@H]2CC(CCCCCN(C)C)=C[C@H]2C[C@H]1O. The van der Waals surface area contributed by atoms with Crippen LogP contribution in [0.3, 0.4) is 0 Å². The fourth-order valence-corrected chi connectivity index (χ4v) is 4.66. The number of aliphatic hydroxyl groups is 2. The van der Waals surface area contributed by atoms with Gasteiger partial charge in [-0.25, -0.2) is 0 Å². The predicted molar refractivity (Wildman–Crippen MR) is 118 cm³/mol. The van der Waals surface area contributed by atoms with Gasteiger partial charge < -0.3 is 15.1 Å². The molecule has 2 rings (SSSR count). The van der Waals surface area contributed by atoms with Crippen LogP contribution >= 0.6 is 0 Å². The lowest BCUT2D eigenvalue weighted by atomic mass is 9.81. The molecule has 0 aromatic heterocycles. The molecular weight excluding hydrogens is 346 g/mol. The van der Waals surface area contributed by atoms with E-state index in [-0.39, 0.29) is 17.4 Å². The second kappa shape index (κ2) is 10.6. The summed E-state index contributed by atoms with van der Waals surface area (Å²) in [4.78, 5) is 2.25. The van der Waals surface area contributed by atoms with Gasteiger partial charge in [0.15, 0.2) is 0 Å². The molecule has 5 atom stereocenters. The maximum Gasteiger partial charge on any atom is 0.0781 e. The first-order valence-electron chi connectivity index (χ1n) is 11.0. The largest absolute Gasteiger partial charge is 0.392 e. The lowest BCUT2D eigenvalue weighted by Gasteiger charge is -2.27. The van der Waals surface area contributed by atoms with Crippen LogP contribution < -0.4 is 0 Å². The highest BCUT2D eigenvalue weighted by molar-refractivity contribution is 5.21. The van der Waals surface area contributed by atoms with E-state index in [9.17, 15) is 10.2 Å². The van der Waals surface area contributed by atoms with Gasteiger partial charge in [0.1, 0.15) is 0 Å². The topological polar surface area (TPSA) is 43.7 Å². The summed E-state index contributed by atoms with van der Waals surface area (Å²) < 4.78 is 0. The molecule has 2 N–H and O–H groups in total. The Labute approximate surface area is 172 Å². The zero-order valence-electron chi connectivity index (χ0n) is 18.6. The molecule has 0 unspecified atom stereocenters. The molecule has 2 aliphatic rings. The Bertz CT molecular complexity index is 608.